The lowest BCUT2D eigenvalue weighted by Crippen LogP contribution is -2.29. The SMILES string of the molecule is O=c1[nH]cnc2c1NCN2C1=CC=CC=CN1. The third kappa shape index (κ3) is 1.59. The first-order valence-corrected chi connectivity index (χ1v) is 5.25. The Morgan fingerprint density at radius 1 is 1.29 bits per heavy atom. The molecule has 0 radical (unpaired) electrons. The highest BCUT2D eigenvalue weighted by atomic mass is 16.1. The molecule has 0 aromatic carbocycles. The third-order valence-corrected chi connectivity index (χ3v) is 2.60. The van der Waals surface area contributed by atoms with E-state index in [4.69, 9.17) is 0 Å². The molecule has 3 N–H and O–H groups in total. The second-order valence-electron chi connectivity index (χ2n) is 3.63. The third-order valence-electron chi connectivity index (χ3n) is 2.60. The fourth-order valence-electron chi connectivity index (χ4n) is 1.80. The molecule has 86 valence electrons. The number of hydrogen-bond acceptors (Lipinski definition) is 5. The number of aromatic amines is 1. The van der Waals surface area contributed by atoms with E-state index in [1.54, 1.807) is 0 Å². The van der Waals surface area contributed by atoms with Crippen molar-refractivity contribution in [2.45, 2.75) is 0 Å². The predicted octanol–water partition coefficient (Wildman–Crippen LogP) is 0.474. The molecular formula is C11H11N5O. The molecule has 6 nitrogen and oxygen atoms in total. The van der Waals surface area contributed by atoms with E-state index >= 15 is 0 Å². The van der Waals surface area contributed by atoms with Crippen LogP contribution in [0.1, 0.15) is 0 Å². The Hall–Kier alpha value is -2.50. The average Bonchev–Trinajstić information content (AvgIpc) is 2.59. The first-order valence-electron chi connectivity index (χ1n) is 5.25. The van der Waals surface area contributed by atoms with Crippen molar-refractivity contribution in [1.29, 1.82) is 0 Å². The number of nitrogens with zero attached hydrogens (tertiary/aromatic N) is 2. The van der Waals surface area contributed by atoms with Gasteiger partial charge >= 0.3 is 0 Å². The van der Waals surface area contributed by atoms with Gasteiger partial charge in [-0.05, 0) is 12.2 Å². The minimum atomic E-state index is -0.155. The quantitative estimate of drug-likeness (QED) is 0.653. The summed E-state index contributed by atoms with van der Waals surface area (Å²) in [5, 5.41) is 6.16. The smallest absolute Gasteiger partial charge is 0.276 e. The maximum atomic E-state index is 11.6. The number of fused-ring (bicyclic) bond motifs is 1. The van der Waals surface area contributed by atoms with Crippen LogP contribution in [0.25, 0.3) is 0 Å². The van der Waals surface area contributed by atoms with Gasteiger partial charge in [0, 0.05) is 6.20 Å². The molecule has 0 fully saturated rings. The van der Waals surface area contributed by atoms with Crippen molar-refractivity contribution in [2.24, 2.45) is 0 Å². The molecule has 1 aromatic rings. The van der Waals surface area contributed by atoms with Crippen molar-refractivity contribution < 1.29 is 0 Å². The Morgan fingerprint density at radius 2 is 2.24 bits per heavy atom. The van der Waals surface area contributed by atoms with Crippen molar-refractivity contribution in [2.75, 3.05) is 16.9 Å². The molecule has 0 bridgehead atoms. The first kappa shape index (κ1) is 9.71. The largest absolute Gasteiger partial charge is 0.360 e. The lowest BCUT2D eigenvalue weighted by Gasteiger charge is -2.19. The molecule has 6 heteroatoms. The highest BCUT2D eigenvalue weighted by molar-refractivity contribution is 5.72. The van der Waals surface area contributed by atoms with Crippen LogP contribution < -0.4 is 21.1 Å². The lowest BCUT2D eigenvalue weighted by atomic mass is 10.4. The molecule has 0 saturated heterocycles. The Balaban J connectivity index is 2.01. The van der Waals surface area contributed by atoms with Crippen LogP contribution in [0.15, 0.2) is 47.4 Å². The van der Waals surface area contributed by atoms with E-state index < -0.39 is 0 Å². The second kappa shape index (κ2) is 3.82. The van der Waals surface area contributed by atoms with Crippen LogP contribution in [0, 0.1) is 0 Å². The maximum absolute atomic E-state index is 11.6. The molecule has 2 aliphatic rings. The van der Waals surface area contributed by atoms with E-state index in [0.29, 0.717) is 18.2 Å². The lowest BCUT2D eigenvalue weighted by molar-refractivity contribution is 0.892. The number of allylic oxidation sites excluding steroid dienone is 4. The number of aromatic nitrogens is 2. The van der Waals surface area contributed by atoms with E-state index in [9.17, 15) is 4.79 Å². The summed E-state index contributed by atoms with van der Waals surface area (Å²) in [6.45, 7) is 0.524. The van der Waals surface area contributed by atoms with Gasteiger partial charge in [-0.1, -0.05) is 12.2 Å². The number of H-pyrrole nitrogens is 1. The molecule has 17 heavy (non-hydrogen) atoms. The number of hydrogen-bond donors (Lipinski definition) is 3. The van der Waals surface area contributed by atoms with Crippen LogP contribution in [0.3, 0.4) is 0 Å². The van der Waals surface area contributed by atoms with Gasteiger partial charge in [0.05, 0.1) is 13.0 Å². The zero-order valence-corrected chi connectivity index (χ0v) is 8.97. The monoisotopic (exact) mass is 229 g/mol. The van der Waals surface area contributed by atoms with E-state index in [-0.39, 0.29) is 5.56 Å². The zero-order chi connectivity index (χ0) is 11.7. The molecule has 0 amide bonds. The van der Waals surface area contributed by atoms with Gasteiger partial charge in [-0.25, -0.2) is 4.98 Å². The van der Waals surface area contributed by atoms with E-state index in [1.165, 1.54) is 6.33 Å². The highest BCUT2D eigenvalue weighted by Gasteiger charge is 2.24. The Labute approximate surface area is 97.4 Å². The van der Waals surface area contributed by atoms with Gasteiger partial charge in [-0.2, -0.15) is 0 Å². The van der Waals surface area contributed by atoms with Gasteiger partial charge < -0.3 is 15.6 Å². The standard InChI is InChI=1S/C11H11N5O/c17-11-9-10(13-6-14-11)16(7-15-9)8-4-2-1-3-5-12-8/h1-6,12,15H,7H2,(H,13,14,17). The van der Waals surface area contributed by atoms with Crippen LogP contribution in [0.4, 0.5) is 11.5 Å². The normalized spacial score (nSPS) is 16.9. The van der Waals surface area contributed by atoms with E-state index in [0.717, 1.165) is 5.82 Å². The van der Waals surface area contributed by atoms with Crippen molar-refractivity contribution in [3.05, 3.63) is 53.0 Å². The summed E-state index contributed by atoms with van der Waals surface area (Å²) < 4.78 is 0. The van der Waals surface area contributed by atoms with Gasteiger partial charge in [0.1, 0.15) is 11.5 Å². The van der Waals surface area contributed by atoms with Crippen LogP contribution >= 0.6 is 0 Å². The Bertz CT molecular complexity index is 584. The minimum absolute atomic E-state index is 0.155. The average molecular weight is 229 g/mol. The van der Waals surface area contributed by atoms with Crippen LogP contribution in [-0.2, 0) is 0 Å². The summed E-state index contributed by atoms with van der Waals surface area (Å²) in [5.74, 6) is 1.51. The molecule has 0 unspecified atom stereocenters. The van der Waals surface area contributed by atoms with Gasteiger partial charge in [0.15, 0.2) is 5.82 Å². The molecule has 3 heterocycles. The van der Waals surface area contributed by atoms with Crippen LogP contribution in [0.2, 0.25) is 0 Å². The number of anilines is 2. The van der Waals surface area contributed by atoms with Crippen LogP contribution in [0.5, 0.6) is 0 Å². The molecule has 0 spiro atoms. The first-order chi connectivity index (χ1) is 8.36. The molecule has 0 atom stereocenters. The number of nitrogens with one attached hydrogen (secondary N) is 3. The molecular weight excluding hydrogens is 218 g/mol. The molecule has 0 aliphatic carbocycles. The molecule has 1 aromatic heterocycles. The van der Waals surface area contributed by atoms with Gasteiger partial charge in [0.2, 0.25) is 0 Å². The van der Waals surface area contributed by atoms with E-state index in [2.05, 4.69) is 20.6 Å². The van der Waals surface area contributed by atoms with Gasteiger partial charge in [-0.15, -0.1) is 0 Å². The summed E-state index contributed by atoms with van der Waals surface area (Å²) in [5.41, 5.74) is 0.352. The summed E-state index contributed by atoms with van der Waals surface area (Å²) in [4.78, 5) is 20.2. The summed E-state index contributed by atoms with van der Waals surface area (Å²) in [6, 6.07) is 0. The molecule has 2 aliphatic heterocycles. The predicted molar refractivity (Wildman–Crippen MR) is 65.3 cm³/mol. The van der Waals surface area contributed by atoms with Crippen molar-refractivity contribution in [3.8, 4) is 0 Å². The molecule has 3 rings (SSSR count). The van der Waals surface area contributed by atoms with Crippen molar-refractivity contribution in [1.82, 2.24) is 15.3 Å². The van der Waals surface area contributed by atoms with Gasteiger partial charge in [-0.3, -0.25) is 9.69 Å². The fourth-order valence-corrected chi connectivity index (χ4v) is 1.80. The highest BCUT2D eigenvalue weighted by Crippen LogP contribution is 2.27. The zero-order valence-electron chi connectivity index (χ0n) is 8.97. The summed E-state index contributed by atoms with van der Waals surface area (Å²) in [7, 11) is 0. The second-order valence-corrected chi connectivity index (χ2v) is 3.63. The van der Waals surface area contributed by atoms with E-state index in [1.807, 2.05) is 35.4 Å². The summed E-state index contributed by atoms with van der Waals surface area (Å²) >= 11 is 0. The Morgan fingerprint density at radius 3 is 3.18 bits per heavy atom. The van der Waals surface area contributed by atoms with Gasteiger partial charge in [0.25, 0.3) is 5.56 Å². The summed E-state index contributed by atoms with van der Waals surface area (Å²) in [6.07, 6.45) is 10.9. The number of rotatable bonds is 1. The fraction of sp³-hybridized carbons (Fsp3) is 0.0909. The Kier molecular flexibility index (Phi) is 2.18. The molecule has 0 saturated carbocycles. The minimum Gasteiger partial charge on any atom is -0.360 e. The topological polar surface area (TPSA) is 73.0 Å². The van der Waals surface area contributed by atoms with Crippen LogP contribution in [-0.4, -0.2) is 16.6 Å². The van der Waals surface area contributed by atoms with Crippen molar-refractivity contribution >= 4 is 11.5 Å². The van der Waals surface area contributed by atoms with Crippen molar-refractivity contribution in [3.63, 3.8) is 0 Å². The maximum Gasteiger partial charge on any atom is 0.276 e.